The Bertz CT molecular complexity index is 283. The van der Waals surface area contributed by atoms with E-state index in [0.29, 0.717) is 19.4 Å². The second-order valence-electron chi connectivity index (χ2n) is 3.56. The van der Waals surface area contributed by atoms with Crippen LogP contribution < -0.4 is 5.32 Å². The summed E-state index contributed by atoms with van der Waals surface area (Å²) in [6, 6.07) is 0. The van der Waals surface area contributed by atoms with Gasteiger partial charge in [-0.05, 0) is 12.8 Å². The quantitative estimate of drug-likeness (QED) is 0.687. The average molecular weight is 229 g/mol. The number of carboxylic acids is 1. The highest BCUT2D eigenvalue weighted by Crippen LogP contribution is 2.19. The molecule has 6 nitrogen and oxygen atoms in total. The summed E-state index contributed by atoms with van der Waals surface area (Å²) in [5.41, 5.74) is -1.36. The molecular weight excluding hydrogens is 214 g/mol. The van der Waals surface area contributed by atoms with Gasteiger partial charge in [0.2, 0.25) is 0 Å². The topological polar surface area (TPSA) is 84.9 Å². The van der Waals surface area contributed by atoms with Gasteiger partial charge in [0.1, 0.15) is 6.61 Å². The summed E-state index contributed by atoms with van der Waals surface area (Å²) in [5, 5.41) is 11.4. The fourth-order valence-electron chi connectivity index (χ4n) is 1.48. The van der Waals surface area contributed by atoms with E-state index >= 15 is 0 Å². The van der Waals surface area contributed by atoms with E-state index in [1.807, 2.05) is 0 Å². The van der Waals surface area contributed by atoms with E-state index in [9.17, 15) is 9.59 Å². The molecule has 6 heteroatoms. The van der Waals surface area contributed by atoms with Gasteiger partial charge in [0.25, 0.3) is 0 Å². The zero-order valence-corrected chi connectivity index (χ0v) is 8.90. The van der Waals surface area contributed by atoms with Gasteiger partial charge in [-0.15, -0.1) is 0 Å². The number of hydrogen-bond donors (Lipinski definition) is 2. The molecule has 1 fully saturated rings. The standard InChI is InChI=1S/C10H15NO5/c1-2-5-16-9(14)11-10(8(12)13)4-3-6-15-7-10/h2H,1,3-7H2,(H,11,14)(H,12,13). The number of carbonyl (C=O) groups is 2. The summed E-state index contributed by atoms with van der Waals surface area (Å²) in [6.45, 7) is 3.91. The van der Waals surface area contributed by atoms with Crippen LogP contribution in [0.3, 0.4) is 0 Å². The lowest BCUT2D eigenvalue weighted by atomic mass is 9.93. The van der Waals surface area contributed by atoms with Crippen molar-refractivity contribution in [1.82, 2.24) is 5.32 Å². The molecule has 16 heavy (non-hydrogen) atoms. The normalized spacial score (nSPS) is 24.5. The first-order valence-corrected chi connectivity index (χ1v) is 4.98. The van der Waals surface area contributed by atoms with Gasteiger partial charge >= 0.3 is 12.1 Å². The highest BCUT2D eigenvalue weighted by Gasteiger charge is 2.42. The van der Waals surface area contributed by atoms with Crippen LogP contribution in [0, 0.1) is 0 Å². The van der Waals surface area contributed by atoms with Crippen molar-refractivity contribution in [2.24, 2.45) is 0 Å². The van der Waals surface area contributed by atoms with E-state index in [0.717, 1.165) is 0 Å². The number of hydrogen-bond acceptors (Lipinski definition) is 4. The molecule has 0 aromatic carbocycles. The lowest BCUT2D eigenvalue weighted by Crippen LogP contribution is -2.59. The Balaban J connectivity index is 2.60. The minimum atomic E-state index is -1.36. The maximum atomic E-state index is 11.3. The van der Waals surface area contributed by atoms with Gasteiger partial charge in [0, 0.05) is 6.61 Å². The van der Waals surface area contributed by atoms with E-state index < -0.39 is 17.6 Å². The van der Waals surface area contributed by atoms with E-state index in [1.165, 1.54) is 6.08 Å². The molecule has 1 atom stereocenters. The van der Waals surface area contributed by atoms with Crippen molar-refractivity contribution in [3.8, 4) is 0 Å². The number of carbonyl (C=O) groups excluding carboxylic acids is 1. The molecule has 1 unspecified atom stereocenters. The first kappa shape index (κ1) is 12.5. The fraction of sp³-hybridized carbons (Fsp3) is 0.600. The Kier molecular flexibility index (Phi) is 4.30. The third-order valence-electron chi connectivity index (χ3n) is 2.32. The third kappa shape index (κ3) is 2.96. The SMILES string of the molecule is C=CCOC(=O)NC1(C(=O)O)CCCOC1. The minimum absolute atomic E-state index is 0.0362. The predicted molar refractivity (Wildman–Crippen MR) is 55.1 cm³/mol. The second kappa shape index (κ2) is 5.50. The monoisotopic (exact) mass is 229 g/mol. The number of carboxylic acid groups (broad SMARTS) is 1. The Morgan fingerprint density at radius 3 is 2.88 bits per heavy atom. The van der Waals surface area contributed by atoms with E-state index in [2.05, 4.69) is 16.6 Å². The van der Waals surface area contributed by atoms with Crippen LogP contribution in [-0.4, -0.2) is 42.5 Å². The molecule has 1 saturated heterocycles. The molecule has 0 saturated carbocycles. The van der Waals surface area contributed by atoms with Gasteiger partial charge in [-0.25, -0.2) is 9.59 Å². The number of amides is 1. The summed E-state index contributed by atoms with van der Waals surface area (Å²) in [6.07, 6.45) is 1.57. The molecule has 1 amide bonds. The lowest BCUT2D eigenvalue weighted by molar-refractivity contribution is -0.150. The number of rotatable bonds is 4. The van der Waals surface area contributed by atoms with Crippen molar-refractivity contribution in [2.75, 3.05) is 19.8 Å². The average Bonchev–Trinajstić information content (AvgIpc) is 2.27. The number of alkyl carbamates (subject to hydrolysis) is 1. The second-order valence-corrected chi connectivity index (χ2v) is 3.56. The van der Waals surface area contributed by atoms with Crippen molar-refractivity contribution in [2.45, 2.75) is 18.4 Å². The predicted octanol–water partition coefficient (Wildman–Crippen LogP) is 0.532. The Hall–Kier alpha value is -1.56. The van der Waals surface area contributed by atoms with Crippen LogP contribution in [0.2, 0.25) is 0 Å². The van der Waals surface area contributed by atoms with E-state index in [1.54, 1.807) is 0 Å². The zero-order chi connectivity index (χ0) is 12.0. The van der Waals surface area contributed by atoms with E-state index in [4.69, 9.17) is 9.84 Å². The lowest BCUT2D eigenvalue weighted by Gasteiger charge is -2.33. The highest BCUT2D eigenvalue weighted by atomic mass is 16.5. The van der Waals surface area contributed by atoms with Crippen molar-refractivity contribution in [3.05, 3.63) is 12.7 Å². The highest BCUT2D eigenvalue weighted by molar-refractivity contribution is 5.84. The molecule has 0 radical (unpaired) electrons. The zero-order valence-electron chi connectivity index (χ0n) is 8.90. The molecule has 0 aromatic rings. The molecule has 1 aliphatic rings. The van der Waals surface area contributed by atoms with Gasteiger partial charge < -0.3 is 19.9 Å². The number of nitrogens with one attached hydrogen (secondary N) is 1. The first-order chi connectivity index (χ1) is 7.60. The van der Waals surface area contributed by atoms with Crippen molar-refractivity contribution in [1.29, 1.82) is 0 Å². The largest absolute Gasteiger partial charge is 0.479 e. The van der Waals surface area contributed by atoms with Gasteiger partial charge in [-0.2, -0.15) is 0 Å². The maximum Gasteiger partial charge on any atom is 0.408 e. The van der Waals surface area contributed by atoms with Crippen LogP contribution in [-0.2, 0) is 14.3 Å². The van der Waals surface area contributed by atoms with Crippen LogP contribution in [0.15, 0.2) is 12.7 Å². The first-order valence-electron chi connectivity index (χ1n) is 4.98. The molecule has 90 valence electrons. The number of aliphatic carboxylic acids is 1. The third-order valence-corrected chi connectivity index (χ3v) is 2.32. The molecule has 1 heterocycles. The summed E-state index contributed by atoms with van der Waals surface area (Å²) < 4.78 is 9.76. The van der Waals surface area contributed by atoms with Crippen molar-refractivity contribution in [3.63, 3.8) is 0 Å². The molecule has 0 spiro atoms. The van der Waals surface area contributed by atoms with Gasteiger partial charge in [-0.3, -0.25) is 0 Å². The molecular formula is C10H15NO5. The Morgan fingerprint density at radius 2 is 2.38 bits per heavy atom. The number of ether oxygens (including phenoxy) is 2. The van der Waals surface area contributed by atoms with Crippen LogP contribution in [0.4, 0.5) is 4.79 Å². The molecule has 0 aromatic heterocycles. The summed E-state index contributed by atoms with van der Waals surface area (Å²) in [4.78, 5) is 22.4. The molecule has 2 N–H and O–H groups in total. The molecule has 0 bridgehead atoms. The van der Waals surface area contributed by atoms with Crippen LogP contribution in [0.5, 0.6) is 0 Å². The Morgan fingerprint density at radius 1 is 1.62 bits per heavy atom. The molecule has 1 rings (SSSR count). The van der Waals surface area contributed by atoms with Gasteiger partial charge in [0.15, 0.2) is 5.54 Å². The van der Waals surface area contributed by atoms with Crippen molar-refractivity contribution < 1.29 is 24.2 Å². The van der Waals surface area contributed by atoms with Gasteiger partial charge in [0.05, 0.1) is 6.61 Å². The van der Waals surface area contributed by atoms with E-state index in [-0.39, 0.29) is 13.2 Å². The molecule has 1 aliphatic heterocycles. The van der Waals surface area contributed by atoms with Crippen LogP contribution in [0.1, 0.15) is 12.8 Å². The summed E-state index contributed by atoms with van der Waals surface area (Å²) in [5.74, 6) is -1.11. The molecule has 0 aliphatic carbocycles. The fourth-order valence-corrected chi connectivity index (χ4v) is 1.48. The Labute approximate surface area is 93.2 Å². The van der Waals surface area contributed by atoms with Gasteiger partial charge in [-0.1, -0.05) is 12.7 Å². The summed E-state index contributed by atoms with van der Waals surface area (Å²) >= 11 is 0. The van der Waals surface area contributed by atoms with Crippen LogP contribution in [0.25, 0.3) is 0 Å². The van der Waals surface area contributed by atoms with Crippen molar-refractivity contribution >= 4 is 12.1 Å². The summed E-state index contributed by atoms with van der Waals surface area (Å²) in [7, 11) is 0. The van der Waals surface area contributed by atoms with Crippen LogP contribution >= 0.6 is 0 Å². The minimum Gasteiger partial charge on any atom is -0.479 e. The maximum absolute atomic E-state index is 11.3. The smallest absolute Gasteiger partial charge is 0.408 e.